The van der Waals surface area contributed by atoms with E-state index < -0.39 is 0 Å². The van der Waals surface area contributed by atoms with E-state index >= 15 is 0 Å². The normalized spacial score (nSPS) is 10.6. The highest BCUT2D eigenvalue weighted by Crippen LogP contribution is 2.24. The fraction of sp³-hybridized carbons (Fsp3) is 0.357. The largest absolute Gasteiger partial charge is 0.351 e. The summed E-state index contributed by atoms with van der Waals surface area (Å²) in [4.78, 5) is 2.12. The summed E-state index contributed by atoms with van der Waals surface area (Å²) in [6, 6.07) is 10.5. The molecule has 0 atom stereocenters. The van der Waals surface area contributed by atoms with E-state index in [9.17, 15) is 0 Å². The van der Waals surface area contributed by atoms with Gasteiger partial charge in [0, 0.05) is 23.4 Å². The molecule has 0 bridgehead atoms. The lowest BCUT2D eigenvalue weighted by atomic mass is 10.1. The van der Waals surface area contributed by atoms with Gasteiger partial charge in [-0.15, -0.1) is 5.10 Å². The van der Waals surface area contributed by atoms with E-state index in [1.54, 1.807) is 6.20 Å². The number of aromatic nitrogens is 2. The first kappa shape index (κ1) is 12.3. The highest BCUT2D eigenvalue weighted by molar-refractivity contribution is 5.91. The molecule has 2 rings (SSSR count). The third kappa shape index (κ3) is 2.40. The number of anilines is 1. The molecule has 0 aliphatic heterocycles. The molecule has 2 aromatic rings. The molecule has 1 aromatic heterocycles. The van der Waals surface area contributed by atoms with Crippen LogP contribution in [-0.2, 0) is 0 Å². The van der Waals surface area contributed by atoms with Crippen LogP contribution in [0.4, 0.5) is 5.82 Å². The Morgan fingerprint density at radius 3 is 2.83 bits per heavy atom. The zero-order chi connectivity index (χ0) is 13.0. The van der Waals surface area contributed by atoms with Gasteiger partial charge in [-0.1, -0.05) is 24.3 Å². The van der Waals surface area contributed by atoms with Gasteiger partial charge in [0.1, 0.15) is 0 Å². The average molecular weight is 240 g/mol. The molecular weight excluding hydrogens is 224 g/mol. The Morgan fingerprint density at radius 2 is 2.11 bits per heavy atom. The van der Waals surface area contributed by atoms with Crippen molar-refractivity contribution in [1.82, 2.24) is 10.2 Å². The lowest BCUT2D eigenvalue weighted by molar-refractivity contribution is 0.674. The first-order valence-corrected chi connectivity index (χ1v) is 6.08. The van der Waals surface area contributed by atoms with Gasteiger partial charge in [-0.2, -0.15) is 10.4 Å². The molecule has 0 saturated heterocycles. The van der Waals surface area contributed by atoms with Crippen LogP contribution in [0.5, 0.6) is 0 Å². The van der Waals surface area contributed by atoms with Gasteiger partial charge in [0.15, 0.2) is 5.82 Å². The highest BCUT2D eigenvalue weighted by Gasteiger charge is 2.14. The van der Waals surface area contributed by atoms with Gasteiger partial charge < -0.3 is 4.90 Å². The maximum Gasteiger partial charge on any atom is 0.159 e. The summed E-state index contributed by atoms with van der Waals surface area (Å²) in [5.41, 5.74) is 0. The molecule has 1 heterocycles. The molecule has 0 aliphatic carbocycles. The second kappa shape index (κ2) is 5.46. The molecule has 1 aromatic carbocycles. The summed E-state index contributed by atoms with van der Waals surface area (Å²) in [6.45, 7) is 4.87. The Bertz CT molecular complexity index is 566. The predicted molar refractivity (Wildman–Crippen MR) is 72.3 cm³/mol. The lowest BCUT2D eigenvalue weighted by Crippen LogP contribution is -2.32. The molecule has 0 fully saturated rings. The lowest BCUT2D eigenvalue weighted by Gasteiger charge is -2.27. The summed E-state index contributed by atoms with van der Waals surface area (Å²) in [5.74, 6) is 0.860. The highest BCUT2D eigenvalue weighted by atomic mass is 15.3. The molecule has 0 unspecified atom stereocenters. The van der Waals surface area contributed by atoms with Crippen molar-refractivity contribution in [1.29, 1.82) is 5.26 Å². The molecule has 4 nitrogen and oxygen atoms in total. The second-order valence-electron chi connectivity index (χ2n) is 4.45. The number of fused-ring (bicyclic) bond motifs is 1. The number of nitriles is 1. The summed E-state index contributed by atoms with van der Waals surface area (Å²) in [7, 11) is 0. The summed E-state index contributed by atoms with van der Waals surface area (Å²) >= 11 is 0. The third-order valence-corrected chi connectivity index (χ3v) is 2.91. The Balaban J connectivity index is 2.47. The Kier molecular flexibility index (Phi) is 3.73. The zero-order valence-corrected chi connectivity index (χ0v) is 10.7. The van der Waals surface area contributed by atoms with Crippen LogP contribution in [0.2, 0.25) is 0 Å². The van der Waals surface area contributed by atoms with Crippen molar-refractivity contribution < 1.29 is 0 Å². The first-order valence-electron chi connectivity index (χ1n) is 6.08. The molecule has 18 heavy (non-hydrogen) atoms. The molecule has 0 N–H and O–H groups in total. The van der Waals surface area contributed by atoms with Crippen LogP contribution < -0.4 is 4.90 Å². The molecular formula is C14H16N4. The van der Waals surface area contributed by atoms with Crippen LogP contribution in [0.15, 0.2) is 30.5 Å². The topological polar surface area (TPSA) is 52.8 Å². The predicted octanol–water partition coefficient (Wildman–Crippen LogP) is 2.76. The summed E-state index contributed by atoms with van der Waals surface area (Å²) in [6.07, 6.45) is 2.25. The van der Waals surface area contributed by atoms with E-state index in [0.29, 0.717) is 19.0 Å². The van der Waals surface area contributed by atoms with Gasteiger partial charge in [0.25, 0.3) is 0 Å². The summed E-state index contributed by atoms with van der Waals surface area (Å²) < 4.78 is 0. The average Bonchev–Trinajstić information content (AvgIpc) is 2.39. The van der Waals surface area contributed by atoms with Crippen molar-refractivity contribution in [3.8, 4) is 6.07 Å². The molecule has 0 amide bonds. The van der Waals surface area contributed by atoms with Crippen molar-refractivity contribution in [3.05, 3.63) is 30.5 Å². The zero-order valence-electron chi connectivity index (χ0n) is 10.7. The van der Waals surface area contributed by atoms with Crippen molar-refractivity contribution in [2.24, 2.45) is 0 Å². The standard InChI is InChI=1S/C14H16N4/c1-11(2)18(9-5-8-15)14-13-7-4-3-6-12(13)10-16-17-14/h3-4,6-7,10-11H,5,9H2,1-2H3. The Labute approximate surface area is 107 Å². The Hall–Kier alpha value is -2.15. The van der Waals surface area contributed by atoms with Gasteiger partial charge in [0.05, 0.1) is 18.7 Å². The summed E-state index contributed by atoms with van der Waals surface area (Å²) in [5, 5.41) is 19.2. The van der Waals surface area contributed by atoms with Crippen LogP contribution in [-0.4, -0.2) is 22.8 Å². The van der Waals surface area contributed by atoms with Gasteiger partial charge in [-0.25, -0.2) is 0 Å². The number of benzene rings is 1. The maximum absolute atomic E-state index is 8.74. The molecule has 0 radical (unpaired) electrons. The van der Waals surface area contributed by atoms with Crippen LogP contribution in [0.1, 0.15) is 20.3 Å². The molecule has 0 spiro atoms. The van der Waals surface area contributed by atoms with Gasteiger partial charge in [-0.05, 0) is 13.8 Å². The van der Waals surface area contributed by atoms with Crippen molar-refractivity contribution >= 4 is 16.6 Å². The minimum atomic E-state index is 0.290. The van der Waals surface area contributed by atoms with Crippen LogP contribution in [0.25, 0.3) is 10.8 Å². The minimum Gasteiger partial charge on any atom is -0.351 e. The van der Waals surface area contributed by atoms with E-state index in [4.69, 9.17) is 5.26 Å². The fourth-order valence-electron chi connectivity index (χ4n) is 2.00. The smallest absolute Gasteiger partial charge is 0.159 e. The molecule has 0 aliphatic rings. The van der Waals surface area contributed by atoms with Gasteiger partial charge in [0.2, 0.25) is 0 Å². The van der Waals surface area contributed by atoms with Crippen molar-refractivity contribution in [2.75, 3.05) is 11.4 Å². The molecule has 4 heteroatoms. The SMILES string of the molecule is CC(C)N(CCC#N)c1nncc2ccccc12. The van der Waals surface area contributed by atoms with Crippen LogP contribution >= 0.6 is 0 Å². The second-order valence-corrected chi connectivity index (χ2v) is 4.45. The third-order valence-electron chi connectivity index (χ3n) is 2.91. The van der Waals surface area contributed by atoms with Crippen LogP contribution in [0, 0.1) is 11.3 Å². The van der Waals surface area contributed by atoms with Crippen molar-refractivity contribution in [3.63, 3.8) is 0 Å². The van der Waals surface area contributed by atoms with E-state index in [1.165, 1.54) is 0 Å². The van der Waals surface area contributed by atoms with E-state index in [-0.39, 0.29) is 0 Å². The van der Waals surface area contributed by atoms with Gasteiger partial charge in [-0.3, -0.25) is 0 Å². The van der Waals surface area contributed by atoms with Crippen molar-refractivity contribution in [2.45, 2.75) is 26.3 Å². The number of hydrogen-bond donors (Lipinski definition) is 0. The van der Waals surface area contributed by atoms with Gasteiger partial charge >= 0.3 is 0 Å². The molecule has 92 valence electrons. The first-order chi connectivity index (χ1) is 8.74. The number of rotatable bonds is 4. The molecule has 0 saturated carbocycles. The quantitative estimate of drug-likeness (QED) is 0.824. The van der Waals surface area contributed by atoms with E-state index in [0.717, 1.165) is 16.6 Å². The van der Waals surface area contributed by atoms with E-state index in [1.807, 2.05) is 24.3 Å². The van der Waals surface area contributed by atoms with E-state index in [2.05, 4.69) is 35.0 Å². The monoisotopic (exact) mass is 240 g/mol. The number of nitrogens with zero attached hydrogens (tertiary/aromatic N) is 4. The van der Waals surface area contributed by atoms with Crippen LogP contribution in [0.3, 0.4) is 0 Å². The Morgan fingerprint density at radius 1 is 1.33 bits per heavy atom. The number of hydrogen-bond acceptors (Lipinski definition) is 4. The minimum absolute atomic E-state index is 0.290. The maximum atomic E-state index is 8.74. The fourth-order valence-corrected chi connectivity index (χ4v) is 2.00.